The molecule has 0 aliphatic carbocycles. The third-order valence-corrected chi connectivity index (χ3v) is 7.16. The fourth-order valence-electron chi connectivity index (χ4n) is 2.93. The predicted octanol–water partition coefficient (Wildman–Crippen LogP) is 4.14. The maximum Gasteiger partial charge on any atom is 0.243 e. The largest absolute Gasteiger partial charge is 0.325 e. The summed E-state index contributed by atoms with van der Waals surface area (Å²) < 4.78 is 27.8. The van der Waals surface area contributed by atoms with E-state index in [1.165, 1.54) is 16.4 Å². The van der Waals surface area contributed by atoms with Gasteiger partial charge in [-0.1, -0.05) is 23.7 Å². The number of nitrogens with one attached hydrogen (secondary N) is 1. The van der Waals surface area contributed by atoms with E-state index >= 15 is 0 Å². The quantitative estimate of drug-likeness (QED) is 0.750. The van der Waals surface area contributed by atoms with Crippen LogP contribution in [0, 0.1) is 5.92 Å². The Morgan fingerprint density at radius 2 is 1.85 bits per heavy atom. The maximum atomic E-state index is 12.8. The number of halogens is 2. The first-order valence-corrected chi connectivity index (χ1v) is 10.8. The van der Waals surface area contributed by atoms with Gasteiger partial charge in [0.15, 0.2) is 0 Å². The van der Waals surface area contributed by atoms with Crippen LogP contribution in [0.2, 0.25) is 5.02 Å². The number of hydrogen-bond acceptors (Lipinski definition) is 3. The Balaban J connectivity index is 1.73. The van der Waals surface area contributed by atoms with Gasteiger partial charge in [0.2, 0.25) is 15.9 Å². The molecule has 26 heavy (non-hydrogen) atoms. The van der Waals surface area contributed by atoms with E-state index in [9.17, 15) is 13.2 Å². The molecule has 138 valence electrons. The molecular formula is C18H18BrClN2O3S. The number of piperidine rings is 1. The molecule has 0 saturated carbocycles. The van der Waals surface area contributed by atoms with Crippen molar-refractivity contribution in [1.82, 2.24) is 4.31 Å². The molecule has 5 nitrogen and oxygen atoms in total. The maximum absolute atomic E-state index is 12.8. The molecule has 1 unspecified atom stereocenters. The summed E-state index contributed by atoms with van der Waals surface area (Å²) in [4.78, 5) is 12.8. The second-order valence-corrected chi connectivity index (χ2v) is 9.35. The van der Waals surface area contributed by atoms with E-state index in [0.717, 1.165) is 4.47 Å². The highest BCUT2D eigenvalue weighted by Crippen LogP contribution is 2.27. The zero-order chi connectivity index (χ0) is 18.7. The minimum Gasteiger partial charge on any atom is -0.325 e. The molecule has 0 bridgehead atoms. The topological polar surface area (TPSA) is 66.5 Å². The minimum absolute atomic E-state index is 0.168. The van der Waals surface area contributed by atoms with Crippen molar-refractivity contribution < 1.29 is 13.2 Å². The number of benzene rings is 2. The van der Waals surface area contributed by atoms with Crippen LogP contribution in [-0.2, 0) is 14.8 Å². The van der Waals surface area contributed by atoms with Crippen LogP contribution >= 0.6 is 27.5 Å². The number of rotatable bonds is 4. The summed E-state index contributed by atoms with van der Waals surface area (Å²) in [5.74, 6) is -0.564. The summed E-state index contributed by atoms with van der Waals surface area (Å²) in [5.41, 5.74) is 0.676. The first kappa shape index (κ1) is 19.4. The lowest BCUT2D eigenvalue weighted by Crippen LogP contribution is -2.43. The molecule has 2 aromatic carbocycles. The fraction of sp³-hybridized carbons (Fsp3) is 0.278. The summed E-state index contributed by atoms with van der Waals surface area (Å²) in [6.45, 7) is 0.574. The second-order valence-electron chi connectivity index (χ2n) is 6.13. The van der Waals surface area contributed by atoms with Crippen LogP contribution in [0.4, 0.5) is 5.69 Å². The van der Waals surface area contributed by atoms with Gasteiger partial charge >= 0.3 is 0 Å². The van der Waals surface area contributed by atoms with E-state index in [1.54, 1.807) is 18.2 Å². The summed E-state index contributed by atoms with van der Waals surface area (Å²) in [7, 11) is -3.64. The highest BCUT2D eigenvalue weighted by Gasteiger charge is 2.33. The number of amides is 1. The molecule has 1 N–H and O–H groups in total. The third-order valence-electron chi connectivity index (χ3n) is 4.34. The molecule has 1 saturated heterocycles. The van der Waals surface area contributed by atoms with Crippen molar-refractivity contribution in [3.63, 3.8) is 0 Å². The zero-order valence-electron chi connectivity index (χ0n) is 13.9. The Hall–Kier alpha value is -1.41. The van der Waals surface area contributed by atoms with Crippen LogP contribution in [-0.4, -0.2) is 31.7 Å². The van der Waals surface area contributed by atoms with Crippen molar-refractivity contribution >= 4 is 49.1 Å². The summed E-state index contributed by atoms with van der Waals surface area (Å²) in [6, 6.07) is 13.4. The van der Waals surface area contributed by atoms with Crippen molar-refractivity contribution in [2.24, 2.45) is 5.92 Å². The lowest BCUT2D eigenvalue weighted by atomic mass is 9.99. The van der Waals surface area contributed by atoms with Gasteiger partial charge in [0.25, 0.3) is 0 Å². The Morgan fingerprint density at radius 1 is 1.15 bits per heavy atom. The smallest absolute Gasteiger partial charge is 0.243 e. The Kier molecular flexibility index (Phi) is 6.02. The van der Waals surface area contributed by atoms with Crippen LogP contribution < -0.4 is 5.32 Å². The van der Waals surface area contributed by atoms with Gasteiger partial charge in [-0.15, -0.1) is 0 Å². The van der Waals surface area contributed by atoms with E-state index in [-0.39, 0.29) is 17.3 Å². The molecule has 1 aliphatic heterocycles. The van der Waals surface area contributed by atoms with Crippen LogP contribution in [0.3, 0.4) is 0 Å². The Bertz CT molecular complexity index is 903. The summed E-state index contributed by atoms with van der Waals surface area (Å²) in [6.07, 6.45) is 1.30. The first-order valence-electron chi connectivity index (χ1n) is 8.19. The summed E-state index contributed by atoms with van der Waals surface area (Å²) in [5, 5.41) is 3.35. The lowest BCUT2D eigenvalue weighted by Gasteiger charge is -2.31. The minimum atomic E-state index is -3.64. The zero-order valence-corrected chi connectivity index (χ0v) is 17.0. The molecule has 1 aliphatic rings. The van der Waals surface area contributed by atoms with E-state index in [0.29, 0.717) is 30.1 Å². The molecule has 3 rings (SSSR count). The monoisotopic (exact) mass is 456 g/mol. The molecule has 0 radical (unpaired) electrons. The molecule has 0 aromatic heterocycles. The average molecular weight is 458 g/mol. The molecule has 1 atom stereocenters. The fourth-order valence-corrected chi connectivity index (χ4v) is 4.96. The van der Waals surface area contributed by atoms with Crippen LogP contribution in [0.5, 0.6) is 0 Å². The first-order chi connectivity index (χ1) is 12.4. The highest BCUT2D eigenvalue weighted by molar-refractivity contribution is 9.10. The van der Waals surface area contributed by atoms with Gasteiger partial charge in [0.1, 0.15) is 0 Å². The number of hydrogen-bond donors (Lipinski definition) is 1. The van der Waals surface area contributed by atoms with Gasteiger partial charge in [-0.05, 0) is 65.2 Å². The van der Waals surface area contributed by atoms with E-state index in [1.807, 2.05) is 18.2 Å². The molecule has 1 fully saturated rings. The normalized spacial score (nSPS) is 18.5. The van der Waals surface area contributed by atoms with Gasteiger partial charge < -0.3 is 5.32 Å². The van der Waals surface area contributed by atoms with Gasteiger partial charge in [0, 0.05) is 22.6 Å². The van der Waals surface area contributed by atoms with Crippen molar-refractivity contribution in [3.8, 4) is 0 Å². The van der Waals surface area contributed by atoms with Gasteiger partial charge in [-0.2, -0.15) is 4.31 Å². The van der Waals surface area contributed by atoms with Crippen molar-refractivity contribution in [2.75, 3.05) is 18.4 Å². The van der Waals surface area contributed by atoms with E-state index < -0.39 is 15.9 Å². The van der Waals surface area contributed by atoms with Crippen molar-refractivity contribution in [2.45, 2.75) is 17.7 Å². The Labute approximate surface area is 166 Å². The predicted molar refractivity (Wildman–Crippen MR) is 106 cm³/mol. The molecule has 0 spiro atoms. The lowest BCUT2D eigenvalue weighted by molar-refractivity contribution is -0.120. The number of nitrogens with zero attached hydrogens (tertiary/aromatic N) is 1. The molecule has 2 aromatic rings. The van der Waals surface area contributed by atoms with Crippen LogP contribution in [0.25, 0.3) is 0 Å². The highest BCUT2D eigenvalue weighted by atomic mass is 79.9. The molecule has 1 amide bonds. The number of carbonyl (C=O) groups excluding carboxylic acids is 1. The van der Waals surface area contributed by atoms with Gasteiger partial charge in [0.05, 0.1) is 16.5 Å². The molecule has 8 heteroatoms. The van der Waals surface area contributed by atoms with Gasteiger partial charge in [-0.3, -0.25) is 4.79 Å². The third kappa shape index (κ3) is 4.28. The number of carbonyl (C=O) groups is 1. The second kappa shape index (κ2) is 8.08. The molecule has 1 heterocycles. The van der Waals surface area contributed by atoms with Crippen molar-refractivity contribution in [1.29, 1.82) is 0 Å². The van der Waals surface area contributed by atoms with Crippen molar-refractivity contribution in [3.05, 3.63) is 58.0 Å². The Morgan fingerprint density at radius 3 is 2.54 bits per heavy atom. The number of para-hydroxylation sites is 1. The van der Waals surface area contributed by atoms with Crippen LogP contribution in [0.1, 0.15) is 12.8 Å². The number of sulfonamides is 1. The van der Waals surface area contributed by atoms with E-state index in [4.69, 9.17) is 11.6 Å². The number of anilines is 1. The SMILES string of the molecule is O=C(Nc1ccccc1Br)C1CCCN(S(=O)(=O)c2ccc(Cl)cc2)C1. The summed E-state index contributed by atoms with van der Waals surface area (Å²) >= 11 is 9.23. The standard InChI is InChI=1S/C18H18BrClN2O3S/c19-16-5-1-2-6-17(16)21-18(23)13-4-3-11-22(12-13)26(24,25)15-9-7-14(20)8-10-15/h1-2,5-10,13H,3-4,11-12H2,(H,21,23). The van der Waals surface area contributed by atoms with Crippen LogP contribution in [0.15, 0.2) is 57.9 Å². The molecular weight excluding hydrogens is 440 g/mol. The van der Waals surface area contributed by atoms with Gasteiger partial charge in [-0.25, -0.2) is 8.42 Å². The van der Waals surface area contributed by atoms with E-state index in [2.05, 4.69) is 21.2 Å². The average Bonchev–Trinajstić information content (AvgIpc) is 2.64.